The quantitative estimate of drug-likeness (QED) is 0.221. The minimum Gasteiger partial charge on any atom is -0.456 e. The second-order valence-corrected chi connectivity index (χ2v) is 10.4. The summed E-state index contributed by atoms with van der Waals surface area (Å²) >= 11 is 0. The fourth-order valence-electron chi connectivity index (χ4n) is 5.94. The third kappa shape index (κ3) is 3.47. The molecule has 0 aliphatic carbocycles. The van der Waals surface area contributed by atoms with Gasteiger partial charge in [0.1, 0.15) is 22.3 Å². The van der Waals surface area contributed by atoms with Crippen molar-refractivity contribution in [2.24, 2.45) is 0 Å². The highest BCUT2D eigenvalue weighted by Gasteiger charge is 2.21. The Morgan fingerprint density at radius 1 is 0.452 bits per heavy atom. The largest absolute Gasteiger partial charge is 0.456 e. The van der Waals surface area contributed by atoms with Crippen LogP contribution < -0.4 is 4.90 Å². The monoisotopic (exact) mass is 542 g/mol. The van der Waals surface area contributed by atoms with Crippen molar-refractivity contribution in [3.05, 3.63) is 133 Å². The van der Waals surface area contributed by atoms with Gasteiger partial charge in [0.15, 0.2) is 11.2 Å². The standard InChI is InChI=1S/C37H22N2O3/c1-3-10-23(11-4-1)37-38-30-22-34-29(21-35(30)42-37)27-19-18-25(20-33(27)40-34)39(24-12-5-2-6-13-24)31-16-9-15-28-26-14-7-8-17-32(26)41-36(28)31/h1-22H. The number of hydrogen-bond donors (Lipinski definition) is 0. The molecule has 3 heterocycles. The van der Waals surface area contributed by atoms with Crippen LogP contribution in [0, 0.1) is 0 Å². The summed E-state index contributed by atoms with van der Waals surface area (Å²) in [5.74, 6) is 0.600. The summed E-state index contributed by atoms with van der Waals surface area (Å²) < 4.78 is 19.0. The number of oxazole rings is 1. The third-order valence-electron chi connectivity index (χ3n) is 7.88. The number of benzene rings is 6. The number of rotatable bonds is 4. The van der Waals surface area contributed by atoms with E-state index in [9.17, 15) is 0 Å². The Balaban J connectivity index is 1.22. The fraction of sp³-hybridized carbons (Fsp3) is 0. The molecule has 9 aromatic rings. The molecule has 0 fully saturated rings. The first-order valence-electron chi connectivity index (χ1n) is 13.9. The van der Waals surface area contributed by atoms with E-state index in [2.05, 4.69) is 59.5 Å². The number of fused-ring (bicyclic) bond motifs is 7. The maximum Gasteiger partial charge on any atom is 0.227 e. The van der Waals surface area contributed by atoms with Gasteiger partial charge in [-0.2, -0.15) is 0 Å². The zero-order chi connectivity index (χ0) is 27.6. The van der Waals surface area contributed by atoms with E-state index >= 15 is 0 Å². The van der Waals surface area contributed by atoms with Gasteiger partial charge in [0, 0.05) is 44.9 Å². The zero-order valence-electron chi connectivity index (χ0n) is 22.3. The molecule has 42 heavy (non-hydrogen) atoms. The second kappa shape index (κ2) is 8.85. The van der Waals surface area contributed by atoms with Gasteiger partial charge in [-0.25, -0.2) is 4.98 Å². The van der Waals surface area contributed by atoms with E-state index in [1.807, 2.05) is 78.9 Å². The van der Waals surface area contributed by atoms with E-state index in [4.69, 9.17) is 18.2 Å². The topological polar surface area (TPSA) is 55.6 Å². The molecule has 0 radical (unpaired) electrons. The second-order valence-electron chi connectivity index (χ2n) is 10.4. The normalized spacial score (nSPS) is 11.8. The number of anilines is 3. The van der Waals surface area contributed by atoms with Crippen molar-refractivity contribution in [3.8, 4) is 11.5 Å². The molecule has 0 spiro atoms. The van der Waals surface area contributed by atoms with Crippen LogP contribution in [0.4, 0.5) is 17.1 Å². The highest BCUT2D eigenvalue weighted by atomic mass is 16.4. The smallest absolute Gasteiger partial charge is 0.227 e. The van der Waals surface area contributed by atoms with Crippen molar-refractivity contribution < 1.29 is 13.3 Å². The molecule has 5 nitrogen and oxygen atoms in total. The first kappa shape index (κ1) is 22.9. The van der Waals surface area contributed by atoms with Crippen LogP contribution in [0.2, 0.25) is 0 Å². The van der Waals surface area contributed by atoms with Crippen LogP contribution in [-0.4, -0.2) is 4.98 Å². The van der Waals surface area contributed by atoms with Gasteiger partial charge < -0.3 is 18.2 Å². The van der Waals surface area contributed by atoms with Crippen molar-refractivity contribution in [1.82, 2.24) is 4.98 Å². The predicted molar refractivity (Wildman–Crippen MR) is 169 cm³/mol. The van der Waals surface area contributed by atoms with Crippen LogP contribution in [0.1, 0.15) is 0 Å². The third-order valence-corrected chi connectivity index (χ3v) is 7.88. The summed E-state index contributed by atoms with van der Waals surface area (Å²) in [5, 5.41) is 4.19. The van der Waals surface area contributed by atoms with Gasteiger partial charge in [0.2, 0.25) is 5.89 Å². The molecular formula is C37H22N2O3. The van der Waals surface area contributed by atoms with Gasteiger partial charge in [-0.3, -0.25) is 0 Å². The molecule has 0 amide bonds. The molecule has 0 aliphatic rings. The molecule has 3 aromatic heterocycles. The molecule has 5 heteroatoms. The average Bonchev–Trinajstić information content (AvgIpc) is 3.74. The van der Waals surface area contributed by atoms with Crippen LogP contribution in [0.25, 0.3) is 66.4 Å². The van der Waals surface area contributed by atoms with Crippen molar-refractivity contribution >= 4 is 72.0 Å². The van der Waals surface area contributed by atoms with Crippen molar-refractivity contribution in [3.63, 3.8) is 0 Å². The lowest BCUT2D eigenvalue weighted by molar-refractivity contribution is 0.620. The Bertz CT molecular complexity index is 2420. The highest BCUT2D eigenvalue weighted by Crippen LogP contribution is 2.43. The molecule has 0 saturated heterocycles. The summed E-state index contributed by atoms with van der Waals surface area (Å²) in [6.07, 6.45) is 0. The lowest BCUT2D eigenvalue weighted by Crippen LogP contribution is -2.09. The Labute approximate surface area is 239 Å². The van der Waals surface area contributed by atoms with Crippen LogP contribution in [-0.2, 0) is 0 Å². The van der Waals surface area contributed by atoms with Gasteiger partial charge in [-0.15, -0.1) is 0 Å². The summed E-state index contributed by atoms with van der Waals surface area (Å²) in [4.78, 5) is 6.95. The van der Waals surface area contributed by atoms with E-state index in [0.717, 1.165) is 77.6 Å². The van der Waals surface area contributed by atoms with Crippen LogP contribution in [0.15, 0.2) is 147 Å². The summed E-state index contributed by atoms with van der Waals surface area (Å²) in [6.45, 7) is 0. The SMILES string of the molecule is c1ccc(-c2nc3cc4oc5cc(N(c6ccccc6)c6cccc7c6oc6ccccc67)ccc5c4cc3o2)cc1. The fourth-order valence-corrected chi connectivity index (χ4v) is 5.94. The first-order valence-corrected chi connectivity index (χ1v) is 13.9. The molecule has 0 atom stereocenters. The minimum absolute atomic E-state index is 0.600. The number of hydrogen-bond acceptors (Lipinski definition) is 5. The highest BCUT2D eigenvalue weighted by molar-refractivity contribution is 6.12. The van der Waals surface area contributed by atoms with Crippen LogP contribution >= 0.6 is 0 Å². The Morgan fingerprint density at radius 3 is 2.07 bits per heavy atom. The zero-order valence-corrected chi connectivity index (χ0v) is 22.3. The minimum atomic E-state index is 0.600. The van der Waals surface area contributed by atoms with Gasteiger partial charge in [0.25, 0.3) is 0 Å². The predicted octanol–water partition coefficient (Wildman–Crippen LogP) is 10.8. The van der Waals surface area contributed by atoms with Crippen LogP contribution in [0.3, 0.4) is 0 Å². The molecule has 0 saturated carbocycles. The molecule has 9 rings (SSSR count). The average molecular weight is 543 g/mol. The van der Waals surface area contributed by atoms with Gasteiger partial charge in [-0.05, 0) is 54.6 Å². The van der Waals surface area contributed by atoms with E-state index in [-0.39, 0.29) is 0 Å². The summed E-state index contributed by atoms with van der Waals surface area (Å²) in [6, 6.07) is 45.1. The maximum absolute atomic E-state index is 6.44. The molecule has 6 aromatic carbocycles. The van der Waals surface area contributed by atoms with Gasteiger partial charge in [-0.1, -0.05) is 66.7 Å². The number of para-hydroxylation sites is 3. The Morgan fingerprint density at radius 2 is 1.19 bits per heavy atom. The van der Waals surface area contributed by atoms with E-state index in [0.29, 0.717) is 5.89 Å². The van der Waals surface area contributed by atoms with Crippen molar-refractivity contribution in [2.45, 2.75) is 0 Å². The molecule has 0 unspecified atom stereocenters. The maximum atomic E-state index is 6.44. The lowest BCUT2D eigenvalue weighted by Gasteiger charge is -2.25. The first-order chi connectivity index (χ1) is 20.8. The molecule has 0 aliphatic heterocycles. The van der Waals surface area contributed by atoms with E-state index < -0.39 is 0 Å². The Kier molecular flexibility index (Phi) is 4.83. The summed E-state index contributed by atoms with van der Waals surface area (Å²) in [5.41, 5.74) is 8.66. The van der Waals surface area contributed by atoms with Gasteiger partial charge in [0.05, 0.1) is 11.4 Å². The van der Waals surface area contributed by atoms with Gasteiger partial charge >= 0.3 is 0 Å². The molecular weight excluding hydrogens is 520 g/mol. The molecule has 0 N–H and O–H groups in total. The van der Waals surface area contributed by atoms with Crippen molar-refractivity contribution in [2.75, 3.05) is 4.90 Å². The van der Waals surface area contributed by atoms with E-state index in [1.54, 1.807) is 0 Å². The number of furan rings is 2. The number of nitrogens with zero attached hydrogens (tertiary/aromatic N) is 2. The van der Waals surface area contributed by atoms with Crippen molar-refractivity contribution in [1.29, 1.82) is 0 Å². The Hall–Kier alpha value is -5.81. The number of aromatic nitrogens is 1. The molecule has 0 bridgehead atoms. The van der Waals surface area contributed by atoms with Crippen LogP contribution in [0.5, 0.6) is 0 Å². The van der Waals surface area contributed by atoms with E-state index in [1.165, 1.54) is 0 Å². The molecule has 198 valence electrons. The summed E-state index contributed by atoms with van der Waals surface area (Å²) in [7, 11) is 0. The lowest BCUT2D eigenvalue weighted by atomic mass is 10.1.